The van der Waals surface area contributed by atoms with E-state index in [2.05, 4.69) is 17.3 Å². The third-order valence-electron chi connectivity index (χ3n) is 5.16. The van der Waals surface area contributed by atoms with Gasteiger partial charge in [-0.3, -0.25) is 24.2 Å². The van der Waals surface area contributed by atoms with E-state index in [4.69, 9.17) is 21.1 Å². The Morgan fingerprint density at radius 1 is 1.21 bits per heavy atom. The van der Waals surface area contributed by atoms with Crippen LogP contribution in [0.2, 0.25) is 0 Å². The number of rotatable bonds is 10. The van der Waals surface area contributed by atoms with Gasteiger partial charge in [0.05, 0.1) is 10.3 Å². The highest BCUT2D eigenvalue weighted by molar-refractivity contribution is 6.23. The first-order valence-corrected chi connectivity index (χ1v) is 11.5. The quantitative estimate of drug-likeness (QED) is 0.276. The Kier molecular flexibility index (Phi) is 10.4. The fourth-order valence-electron chi connectivity index (χ4n) is 2.89. The molecule has 10 heteroatoms. The second-order valence-corrected chi connectivity index (χ2v) is 10.9. The summed E-state index contributed by atoms with van der Waals surface area (Å²) in [4.78, 5) is 49.7. The minimum absolute atomic E-state index is 0.0456. The van der Waals surface area contributed by atoms with E-state index >= 15 is 0 Å². The molecule has 9 nitrogen and oxygen atoms in total. The number of alkyl halides is 1. The summed E-state index contributed by atoms with van der Waals surface area (Å²) < 4.78 is 10.7. The van der Waals surface area contributed by atoms with E-state index in [1.165, 1.54) is 18.0 Å². The molecule has 0 unspecified atom stereocenters. The van der Waals surface area contributed by atoms with E-state index in [1.807, 2.05) is 0 Å². The van der Waals surface area contributed by atoms with Crippen LogP contribution in [0.1, 0.15) is 61.3 Å². The van der Waals surface area contributed by atoms with Crippen LogP contribution in [0.3, 0.4) is 0 Å². The smallest absolute Gasteiger partial charge is 0.325 e. The molecule has 1 fully saturated rings. The van der Waals surface area contributed by atoms with Crippen LogP contribution in [-0.4, -0.2) is 65.0 Å². The molecule has 0 aromatic heterocycles. The lowest BCUT2D eigenvalue weighted by molar-refractivity contribution is -0.165. The van der Waals surface area contributed by atoms with Crippen molar-refractivity contribution in [1.29, 1.82) is 0 Å². The number of ether oxygens (including phenoxy) is 2. The van der Waals surface area contributed by atoms with Crippen molar-refractivity contribution in [2.24, 2.45) is 11.3 Å². The van der Waals surface area contributed by atoms with Gasteiger partial charge in [0, 0.05) is 6.54 Å². The van der Waals surface area contributed by atoms with E-state index in [-0.39, 0.29) is 12.5 Å². The maximum Gasteiger partial charge on any atom is 0.325 e. The Balaban J connectivity index is 2.74. The van der Waals surface area contributed by atoms with Gasteiger partial charge in [-0.25, -0.2) is 5.43 Å². The average Bonchev–Trinajstić information content (AvgIpc) is 2.73. The first-order valence-electron chi connectivity index (χ1n) is 11.2. The van der Waals surface area contributed by atoms with Gasteiger partial charge < -0.3 is 14.8 Å². The highest BCUT2D eigenvalue weighted by Crippen LogP contribution is 2.21. The Bertz CT molecular complexity index is 747. The van der Waals surface area contributed by atoms with E-state index in [0.29, 0.717) is 19.4 Å². The lowest BCUT2D eigenvalue weighted by Gasteiger charge is -2.35. The zero-order chi connectivity index (χ0) is 25.6. The number of nitrogens with zero attached hydrogens (tertiary/aromatic N) is 1. The van der Waals surface area contributed by atoms with Crippen LogP contribution < -0.4 is 10.7 Å². The van der Waals surface area contributed by atoms with Crippen molar-refractivity contribution in [2.45, 2.75) is 84.4 Å². The summed E-state index contributed by atoms with van der Waals surface area (Å²) in [5, 5.41) is 3.92. The van der Waals surface area contributed by atoms with E-state index in [9.17, 15) is 19.2 Å². The molecule has 0 bridgehead atoms. The highest BCUT2D eigenvalue weighted by atomic mass is 35.5. The summed E-state index contributed by atoms with van der Waals surface area (Å²) in [6.07, 6.45) is 1.49. The average molecular weight is 488 g/mol. The predicted molar refractivity (Wildman–Crippen MR) is 125 cm³/mol. The Morgan fingerprint density at radius 3 is 2.33 bits per heavy atom. The van der Waals surface area contributed by atoms with Gasteiger partial charge >= 0.3 is 11.9 Å². The Morgan fingerprint density at radius 2 is 1.82 bits per heavy atom. The van der Waals surface area contributed by atoms with Crippen molar-refractivity contribution in [3.8, 4) is 0 Å². The van der Waals surface area contributed by atoms with E-state index < -0.39 is 52.2 Å². The lowest BCUT2D eigenvalue weighted by Crippen LogP contribution is -2.60. The summed E-state index contributed by atoms with van der Waals surface area (Å²) in [7, 11) is 0. The number of hydrogen-bond acceptors (Lipinski definition) is 7. The zero-order valence-corrected chi connectivity index (χ0v) is 21.5. The van der Waals surface area contributed by atoms with Gasteiger partial charge in [0.1, 0.15) is 18.7 Å². The van der Waals surface area contributed by atoms with Crippen LogP contribution in [0.25, 0.3) is 0 Å². The number of carbonyl (C=O) groups excluding carboxylic acids is 4. The molecule has 2 amide bonds. The molecule has 0 aromatic rings. The molecule has 1 heterocycles. The molecule has 1 rings (SSSR count). The third-order valence-corrected chi connectivity index (χ3v) is 5.27. The minimum atomic E-state index is -1.07. The van der Waals surface area contributed by atoms with Gasteiger partial charge in [0.25, 0.3) is 11.8 Å². The normalized spacial score (nSPS) is 18.8. The molecular formula is C23H38ClN3O6. The number of halogens is 1. The molecule has 3 atom stereocenters. The van der Waals surface area contributed by atoms with Crippen molar-refractivity contribution >= 4 is 35.4 Å². The summed E-state index contributed by atoms with van der Waals surface area (Å²) >= 11 is 6.06. The Labute approximate surface area is 201 Å². The number of carbonyl (C=O) groups is 4. The summed E-state index contributed by atoms with van der Waals surface area (Å²) in [5.41, 5.74) is 1.92. The molecule has 0 saturated carbocycles. The van der Waals surface area contributed by atoms with E-state index in [1.54, 1.807) is 41.5 Å². The summed E-state index contributed by atoms with van der Waals surface area (Å²) in [5.74, 6) is -2.37. The molecule has 2 N–H and O–H groups in total. The van der Waals surface area contributed by atoms with Gasteiger partial charge in [-0.2, -0.15) is 0 Å². The lowest BCUT2D eigenvalue weighted by atomic mass is 9.94. The molecule has 33 heavy (non-hydrogen) atoms. The van der Waals surface area contributed by atoms with E-state index in [0.717, 1.165) is 0 Å². The largest absolute Gasteiger partial charge is 0.463 e. The molecule has 0 aliphatic carbocycles. The maximum atomic E-state index is 12.9. The van der Waals surface area contributed by atoms with Crippen molar-refractivity contribution in [3.05, 3.63) is 12.7 Å². The van der Waals surface area contributed by atoms with Gasteiger partial charge in [-0.05, 0) is 53.4 Å². The minimum Gasteiger partial charge on any atom is -0.463 e. The third kappa shape index (κ3) is 8.97. The van der Waals surface area contributed by atoms with Crippen molar-refractivity contribution in [3.63, 3.8) is 0 Å². The van der Waals surface area contributed by atoms with Crippen LogP contribution in [0.15, 0.2) is 12.7 Å². The predicted octanol–water partition coefficient (Wildman–Crippen LogP) is 2.33. The first-order chi connectivity index (χ1) is 15.1. The SMILES string of the molecule is C=CC(C)(C)C(=O)O[C@H](C(=O)N[C@@H](C)C(=O)N1CCC[C@@H](C(=O)OCC(C)(C)Cl)N1)C(C)C. The summed E-state index contributed by atoms with van der Waals surface area (Å²) in [6.45, 7) is 15.8. The molecule has 0 radical (unpaired) electrons. The zero-order valence-electron chi connectivity index (χ0n) is 20.7. The molecule has 0 spiro atoms. The number of amides is 2. The number of hydrogen-bond donors (Lipinski definition) is 2. The fourth-order valence-corrected chi connectivity index (χ4v) is 2.95. The number of hydrazine groups is 1. The maximum absolute atomic E-state index is 12.9. The molecule has 0 aromatic carbocycles. The van der Waals surface area contributed by atoms with Crippen LogP contribution in [-0.2, 0) is 28.7 Å². The van der Waals surface area contributed by atoms with Gasteiger partial charge in [-0.15, -0.1) is 18.2 Å². The number of nitrogens with one attached hydrogen (secondary N) is 2. The molecule has 1 aliphatic heterocycles. The Hall–Kier alpha value is -2.13. The van der Waals surface area contributed by atoms with Gasteiger partial charge in [-0.1, -0.05) is 19.9 Å². The second-order valence-electron chi connectivity index (χ2n) is 9.87. The summed E-state index contributed by atoms with van der Waals surface area (Å²) in [6, 6.07) is -1.59. The van der Waals surface area contributed by atoms with Crippen LogP contribution in [0.4, 0.5) is 0 Å². The van der Waals surface area contributed by atoms with Crippen LogP contribution in [0.5, 0.6) is 0 Å². The fraction of sp³-hybridized carbons (Fsp3) is 0.739. The van der Waals surface area contributed by atoms with Crippen molar-refractivity contribution < 1.29 is 28.7 Å². The molecule has 1 aliphatic rings. The number of esters is 2. The van der Waals surface area contributed by atoms with Gasteiger partial charge in [0.2, 0.25) is 0 Å². The first kappa shape index (κ1) is 28.9. The molecule has 188 valence electrons. The van der Waals surface area contributed by atoms with Crippen molar-refractivity contribution in [2.75, 3.05) is 13.2 Å². The second kappa shape index (κ2) is 11.8. The standard InChI is InChI=1S/C23H38ClN3O6/c1-9-22(5,6)21(31)33-17(14(2)3)18(28)25-15(4)19(29)27-12-10-11-16(26-27)20(30)32-13-23(7,8)24/h9,14-17,26H,1,10-13H2,2-8H3,(H,25,28)/t15-,16-,17-/m0/s1. The molecular weight excluding hydrogens is 450 g/mol. The topological polar surface area (TPSA) is 114 Å². The molecule has 1 saturated heterocycles. The van der Waals surface area contributed by atoms with Gasteiger partial charge in [0.15, 0.2) is 6.10 Å². The van der Waals surface area contributed by atoms with Crippen LogP contribution in [0, 0.1) is 11.3 Å². The monoisotopic (exact) mass is 487 g/mol. The highest BCUT2D eigenvalue weighted by Gasteiger charge is 2.36. The van der Waals surface area contributed by atoms with Crippen LogP contribution >= 0.6 is 11.6 Å². The van der Waals surface area contributed by atoms with Crippen molar-refractivity contribution in [1.82, 2.24) is 15.8 Å².